The molecule has 0 bridgehead atoms. The molecular formula is C32H66O. The molecule has 200 valence electrons. The van der Waals surface area contributed by atoms with Crippen LogP contribution in [0.2, 0.25) is 0 Å². The van der Waals surface area contributed by atoms with Crippen LogP contribution < -0.4 is 0 Å². The number of hydrogen-bond donors (Lipinski definition) is 0. The summed E-state index contributed by atoms with van der Waals surface area (Å²) in [5.74, 6) is 2.41. The van der Waals surface area contributed by atoms with Crippen LogP contribution in [0, 0.1) is 45.3 Å². The molecule has 0 spiro atoms. The first-order valence-corrected chi connectivity index (χ1v) is 14.3. The van der Waals surface area contributed by atoms with Crippen molar-refractivity contribution >= 4 is 0 Å². The van der Waals surface area contributed by atoms with Crippen LogP contribution in [0.15, 0.2) is 0 Å². The molecule has 0 aromatic carbocycles. The fraction of sp³-hybridized carbons (Fsp3) is 1.00. The lowest BCUT2D eigenvalue weighted by Gasteiger charge is -2.48. The monoisotopic (exact) mass is 467 g/mol. The van der Waals surface area contributed by atoms with Gasteiger partial charge >= 0.3 is 0 Å². The summed E-state index contributed by atoms with van der Waals surface area (Å²) in [5.41, 5.74) is 1.15. The van der Waals surface area contributed by atoms with Crippen LogP contribution in [-0.4, -0.2) is 12.2 Å². The molecule has 1 heteroatoms. The Morgan fingerprint density at radius 3 is 0.970 bits per heavy atom. The van der Waals surface area contributed by atoms with E-state index in [0.29, 0.717) is 46.7 Å². The highest BCUT2D eigenvalue weighted by Crippen LogP contribution is 2.46. The quantitative estimate of drug-likeness (QED) is 0.278. The molecule has 0 fully saturated rings. The van der Waals surface area contributed by atoms with Crippen molar-refractivity contribution in [2.75, 3.05) is 0 Å². The molecule has 1 nitrogen and oxygen atoms in total. The van der Waals surface area contributed by atoms with Gasteiger partial charge in [0.15, 0.2) is 0 Å². The van der Waals surface area contributed by atoms with E-state index in [2.05, 4.69) is 111 Å². The Balaban J connectivity index is 6.25. The molecule has 0 aliphatic carbocycles. The second-order valence-corrected chi connectivity index (χ2v) is 16.1. The van der Waals surface area contributed by atoms with Gasteiger partial charge in [0, 0.05) is 0 Å². The van der Waals surface area contributed by atoms with Crippen molar-refractivity contribution in [3.05, 3.63) is 0 Å². The lowest BCUT2D eigenvalue weighted by Crippen LogP contribution is -2.46. The third-order valence-electron chi connectivity index (χ3n) is 7.39. The Labute approximate surface area is 211 Å². The van der Waals surface area contributed by atoms with Gasteiger partial charge in [-0.25, -0.2) is 0 Å². The van der Waals surface area contributed by atoms with Crippen LogP contribution in [-0.2, 0) is 4.74 Å². The first-order chi connectivity index (χ1) is 14.6. The first-order valence-electron chi connectivity index (χ1n) is 14.3. The molecule has 0 aromatic rings. The molecule has 0 aliphatic rings. The molecule has 0 aliphatic heterocycles. The van der Waals surface area contributed by atoms with Gasteiger partial charge in [-0.05, 0) is 71.0 Å². The summed E-state index contributed by atoms with van der Waals surface area (Å²) in [6.07, 6.45) is 7.88. The summed E-state index contributed by atoms with van der Waals surface area (Å²) >= 11 is 0. The van der Waals surface area contributed by atoms with Gasteiger partial charge in [0.25, 0.3) is 0 Å². The van der Waals surface area contributed by atoms with E-state index in [1.807, 2.05) is 0 Å². The number of ether oxygens (including phenoxy) is 1. The van der Waals surface area contributed by atoms with Gasteiger partial charge in [0.05, 0.1) is 12.2 Å². The largest absolute Gasteiger partial charge is 0.374 e. The molecule has 0 saturated carbocycles. The van der Waals surface area contributed by atoms with Gasteiger partial charge in [-0.15, -0.1) is 0 Å². The van der Waals surface area contributed by atoms with Crippen LogP contribution in [0.4, 0.5) is 0 Å². The van der Waals surface area contributed by atoms with Crippen LogP contribution in [0.3, 0.4) is 0 Å². The van der Waals surface area contributed by atoms with E-state index < -0.39 is 0 Å². The molecule has 0 saturated heterocycles. The SMILES string of the molecule is CCCC(OC(CCC)C(C(C)CC(C)(C)C)C(C)(C)C)C(C(C)CC(C)(C)C)C(C)(C)C. The summed E-state index contributed by atoms with van der Waals surface area (Å²) in [6, 6.07) is 0. The summed E-state index contributed by atoms with van der Waals surface area (Å²) in [6.45, 7) is 38.7. The maximum Gasteiger partial charge on any atom is 0.0614 e. The molecular weight excluding hydrogens is 400 g/mol. The van der Waals surface area contributed by atoms with E-state index in [9.17, 15) is 0 Å². The smallest absolute Gasteiger partial charge is 0.0614 e. The zero-order chi connectivity index (χ0) is 26.4. The van der Waals surface area contributed by atoms with Crippen molar-refractivity contribution in [3.63, 3.8) is 0 Å². The number of rotatable bonds is 12. The highest BCUT2D eigenvalue weighted by molar-refractivity contribution is 4.91. The van der Waals surface area contributed by atoms with E-state index in [1.54, 1.807) is 0 Å². The average Bonchev–Trinajstić information content (AvgIpc) is 2.48. The minimum atomic E-state index is 0.232. The van der Waals surface area contributed by atoms with Gasteiger partial charge in [-0.2, -0.15) is 0 Å². The number of hydrogen-bond acceptors (Lipinski definition) is 1. The second kappa shape index (κ2) is 12.8. The fourth-order valence-electron chi connectivity index (χ4n) is 7.20. The van der Waals surface area contributed by atoms with E-state index in [0.717, 1.165) is 0 Å². The van der Waals surface area contributed by atoms with Crippen LogP contribution in [0.5, 0.6) is 0 Å². The third kappa shape index (κ3) is 12.5. The summed E-state index contributed by atoms with van der Waals surface area (Å²) in [7, 11) is 0. The van der Waals surface area contributed by atoms with E-state index in [4.69, 9.17) is 4.74 Å². The first kappa shape index (κ1) is 33.0. The van der Waals surface area contributed by atoms with E-state index in [-0.39, 0.29) is 10.8 Å². The molecule has 33 heavy (non-hydrogen) atoms. The Kier molecular flexibility index (Phi) is 12.8. The van der Waals surface area contributed by atoms with E-state index >= 15 is 0 Å². The molecule has 0 N–H and O–H groups in total. The normalized spacial score (nSPS) is 19.6. The van der Waals surface area contributed by atoms with Crippen LogP contribution in [0.1, 0.15) is 149 Å². The third-order valence-corrected chi connectivity index (χ3v) is 7.39. The molecule has 0 aromatic heterocycles. The molecule has 0 heterocycles. The lowest BCUT2D eigenvalue weighted by atomic mass is 9.65. The van der Waals surface area contributed by atoms with Crippen molar-refractivity contribution in [1.29, 1.82) is 0 Å². The fourth-order valence-corrected chi connectivity index (χ4v) is 7.20. The summed E-state index contributed by atoms with van der Waals surface area (Å²) < 4.78 is 7.38. The summed E-state index contributed by atoms with van der Waals surface area (Å²) in [4.78, 5) is 0. The van der Waals surface area contributed by atoms with Gasteiger partial charge in [0.1, 0.15) is 0 Å². The maximum atomic E-state index is 7.38. The zero-order valence-corrected chi connectivity index (χ0v) is 26.1. The van der Waals surface area contributed by atoms with Crippen molar-refractivity contribution in [3.8, 4) is 0 Å². The van der Waals surface area contributed by atoms with Crippen molar-refractivity contribution in [2.45, 2.75) is 162 Å². The van der Waals surface area contributed by atoms with Crippen molar-refractivity contribution in [1.82, 2.24) is 0 Å². The minimum absolute atomic E-state index is 0.232. The van der Waals surface area contributed by atoms with Gasteiger partial charge in [0.2, 0.25) is 0 Å². The average molecular weight is 467 g/mol. The van der Waals surface area contributed by atoms with Crippen molar-refractivity contribution in [2.24, 2.45) is 45.3 Å². The lowest BCUT2D eigenvalue weighted by molar-refractivity contribution is -0.137. The van der Waals surface area contributed by atoms with Crippen LogP contribution in [0.25, 0.3) is 0 Å². The molecule has 0 amide bonds. The zero-order valence-electron chi connectivity index (χ0n) is 26.1. The van der Waals surface area contributed by atoms with Gasteiger partial charge < -0.3 is 4.74 Å². The highest BCUT2D eigenvalue weighted by atomic mass is 16.5. The van der Waals surface area contributed by atoms with Gasteiger partial charge in [-0.1, -0.05) is 124 Å². The maximum absolute atomic E-state index is 7.38. The standard InChI is InChI=1S/C32H66O/c1-17-19-25(27(31(11,12)13)23(3)21-29(5,6)7)33-26(20-18-2)28(32(14,15)16)24(4)22-30(8,9)10/h23-28H,17-22H2,1-16H3. The van der Waals surface area contributed by atoms with Crippen molar-refractivity contribution < 1.29 is 4.74 Å². The predicted octanol–water partition coefficient (Wildman–Crippen LogP) is 10.8. The Morgan fingerprint density at radius 2 is 0.788 bits per heavy atom. The molecule has 6 atom stereocenters. The van der Waals surface area contributed by atoms with Crippen LogP contribution >= 0.6 is 0 Å². The minimum Gasteiger partial charge on any atom is -0.374 e. The molecule has 0 rings (SSSR count). The summed E-state index contributed by atoms with van der Waals surface area (Å²) in [5, 5.41) is 0. The van der Waals surface area contributed by atoms with Gasteiger partial charge in [-0.3, -0.25) is 0 Å². The van der Waals surface area contributed by atoms with E-state index in [1.165, 1.54) is 38.5 Å². The Bertz CT molecular complexity index is 471. The highest BCUT2D eigenvalue weighted by Gasteiger charge is 2.43. The predicted molar refractivity (Wildman–Crippen MR) is 151 cm³/mol. The topological polar surface area (TPSA) is 9.23 Å². The Hall–Kier alpha value is -0.0400. The molecule has 0 radical (unpaired) electrons. The molecule has 6 unspecified atom stereocenters. The second-order valence-electron chi connectivity index (χ2n) is 16.1. The Morgan fingerprint density at radius 1 is 0.515 bits per heavy atom.